The highest BCUT2D eigenvalue weighted by atomic mass is 16.3. The molecule has 3 N–H and O–H groups in total. The molecule has 0 aromatic heterocycles. The van der Waals surface area contributed by atoms with E-state index in [0.29, 0.717) is 5.75 Å². The molecule has 0 fully saturated rings. The standard InChI is InChI=1S/C18H22N2O/c1-12-8-14(9-13(2)18(12)21)10-20-7-6-15-4-3-5-17(19)16(15)11-20/h3-5,8-9,21H,6-7,10-11,19H2,1-2H3. The quantitative estimate of drug-likeness (QED) is 0.832. The largest absolute Gasteiger partial charge is 0.507 e. The van der Waals surface area contributed by atoms with Gasteiger partial charge in [-0.05, 0) is 54.2 Å². The van der Waals surface area contributed by atoms with Crippen LogP contribution in [0, 0.1) is 13.8 Å². The van der Waals surface area contributed by atoms with Gasteiger partial charge in [0.2, 0.25) is 0 Å². The van der Waals surface area contributed by atoms with Gasteiger partial charge in [-0.1, -0.05) is 24.3 Å². The third kappa shape index (κ3) is 2.74. The van der Waals surface area contributed by atoms with Gasteiger partial charge in [-0.3, -0.25) is 4.90 Å². The van der Waals surface area contributed by atoms with Crippen molar-refractivity contribution in [3.63, 3.8) is 0 Å². The number of anilines is 1. The van der Waals surface area contributed by atoms with Crippen molar-refractivity contribution in [3.8, 4) is 5.75 Å². The van der Waals surface area contributed by atoms with E-state index < -0.39 is 0 Å². The third-order valence-corrected chi connectivity index (χ3v) is 4.35. The molecule has 3 heteroatoms. The highest BCUT2D eigenvalue weighted by molar-refractivity contribution is 5.52. The number of phenolic OH excluding ortho intramolecular Hbond substituents is 1. The number of aryl methyl sites for hydroxylation is 2. The monoisotopic (exact) mass is 282 g/mol. The molecule has 21 heavy (non-hydrogen) atoms. The molecule has 0 atom stereocenters. The zero-order valence-electron chi connectivity index (χ0n) is 12.7. The van der Waals surface area contributed by atoms with Crippen molar-refractivity contribution in [2.45, 2.75) is 33.4 Å². The van der Waals surface area contributed by atoms with Gasteiger partial charge in [-0.25, -0.2) is 0 Å². The summed E-state index contributed by atoms with van der Waals surface area (Å²) in [4.78, 5) is 2.42. The van der Waals surface area contributed by atoms with Crippen molar-refractivity contribution >= 4 is 5.69 Å². The molecule has 0 spiro atoms. The van der Waals surface area contributed by atoms with Crippen LogP contribution in [-0.4, -0.2) is 16.6 Å². The molecule has 0 amide bonds. The van der Waals surface area contributed by atoms with Gasteiger partial charge in [0.15, 0.2) is 0 Å². The first kappa shape index (κ1) is 14.0. The first-order chi connectivity index (χ1) is 10.0. The zero-order chi connectivity index (χ0) is 15.0. The maximum absolute atomic E-state index is 9.87. The van der Waals surface area contributed by atoms with Crippen molar-refractivity contribution in [2.75, 3.05) is 12.3 Å². The van der Waals surface area contributed by atoms with Crippen molar-refractivity contribution in [1.82, 2.24) is 4.90 Å². The summed E-state index contributed by atoms with van der Waals surface area (Å²) < 4.78 is 0. The molecule has 0 bridgehead atoms. The van der Waals surface area contributed by atoms with Gasteiger partial charge in [-0.2, -0.15) is 0 Å². The maximum Gasteiger partial charge on any atom is 0.121 e. The fraction of sp³-hybridized carbons (Fsp3) is 0.333. The predicted octanol–water partition coefficient (Wildman–Crippen LogP) is 3.15. The van der Waals surface area contributed by atoms with E-state index in [2.05, 4.69) is 23.1 Å². The van der Waals surface area contributed by atoms with Crippen molar-refractivity contribution in [1.29, 1.82) is 0 Å². The van der Waals surface area contributed by atoms with Gasteiger partial charge in [0, 0.05) is 25.3 Å². The van der Waals surface area contributed by atoms with Crippen LogP contribution in [0.4, 0.5) is 5.69 Å². The number of nitrogen functional groups attached to an aromatic ring is 1. The molecular weight excluding hydrogens is 260 g/mol. The van der Waals surface area contributed by atoms with Gasteiger partial charge in [0.1, 0.15) is 5.75 Å². The SMILES string of the molecule is Cc1cc(CN2CCc3cccc(N)c3C2)cc(C)c1O. The Balaban J connectivity index is 1.80. The number of rotatable bonds is 2. The van der Waals surface area contributed by atoms with E-state index in [0.717, 1.165) is 42.9 Å². The van der Waals surface area contributed by atoms with Crippen LogP contribution in [0.15, 0.2) is 30.3 Å². The van der Waals surface area contributed by atoms with Crippen LogP contribution < -0.4 is 5.73 Å². The lowest BCUT2D eigenvalue weighted by Crippen LogP contribution is -2.30. The minimum Gasteiger partial charge on any atom is -0.507 e. The summed E-state index contributed by atoms with van der Waals surface area (Å²) in [6.07, 6.45) is 1.05. The van der Waals surface area contributed by atoms with Crippen LogP contribution in [0.25, 0.3) is 0 Å². The van der Waals surface area contributed by atoms with E-state index >= 15 is 0 Å². The highest BCUT2D eigenvalue weighted by Gasteiger charge is 2.18. The number of hydrogen-bond donors (Lipinski definition) is 2. The van der Waals surface area contributed by atoms with Gasteiger partial charge in [0.25, 0.3) is 0 Å². The average Bonchev–Trinajstić information content (AvgIpc) is 2.45. The van der Waals surface area contributed by atoms with E-state index in [-0.39, 0.29) is 0 Å². The number of nitrogens with two attached hydrogens (primary N) is 1. The van der Waals surface area contributed by atoms with Gasteiger partial charge < -0.3 is 10.8 Å². The Morgan fingerprint density at radius 3 is 2.62 bits per heavy atom. The van der Waals surface area contributed by atoms with E-state index in [9.17, 15) is 5.11 Å². The molecule has 1 heterocycles. The van der Waals surface area contributed by atoms with E-state index in [1.165, 1.54) is 16.7 Å². The predicted molar refractivity (Wildman–Crippen MR) is 86.3 cm³/mol. The second-order valence-electron chi connectivity index (χ2n) is 6.02. The van der Waals surface area contributed by atoms with Crippen LogP contribution in [0.2, 0.25) is 0 Å². The Hall–Kier alpha value is -2.00. The normalized spacial score (nSPS) is 15.0. The van der Waals surface area contributed by atoms with Crippen LogP contribution in [0.5, 0.6) is 5.75 Å². The first-order valence-corrected chi connectivity index (χ1v) is 7.42. The Morgan fingerprint density at radius 2 is 1.90 bits per heavy atom. The smallest absolute Gasteiger partial charge is 0.121 e. The van der Waals surface area contributed by atoms with E-state index in [1.54, 1.807) is 0 Å². The summed E-state index contributed by atoms with van der Waals surface area (Å²) in [6.45, 7) is 6.76. The number of phenols is 1. The number of nitrogens with zero attached hydrogens (tertiary/aromatic N) is 1. The minimum absolute atomic E-state index is 0.409. The summed E-state index contributed by atoms with van der Waals surface area (Å²) in [5.41, 5.74) is 12.8. The lowest BCUT2D eigenvalue weighted by atomic mass is 9.97. The average molecular weight is 282 g/mol. The van der Waals surface area contributed by atoms with Crippen LogP contribution in [-0.2, 0) is 19.5 Å². The summed E-state index contributed by atoms with van der Waals surface area (Å²) in [6, 6.07) is 10.4. The van der Waals surface area contributed by atoms with Crippen molar-refractivity contribution < 1.29 is 5.11 Å². The lowest BCUT2D eigenvalue weighted by molar-refractivity contribution is 0.246. The molecule has 0 aliphatic carbocycles. The van der Waals surface area contributed by atoms with Crippen LogP contribution in [0.3, 0.4) is 0 Å². The minimum atomic E-state index is 0.409. The Kier molecular flexibility index (Phi) is 3.60. The Bertz CT molecular complexity index is 656. The molecular formula is C18H22N2O. The van der Waals surface area contributed by atoms with E-state index in [1.807, 2.05) is 26.0 Å². The second-order valence-corrected chi connectivity index (χ2v) is 6.02. The fourth-order valence-electron chi connectivity index (χ4n) is 3.19. The molecule has 3 rings (SSSR count). The summed E-state index contributed by atoms with van der Waals surface area (Å²) in [7, 11) is 0. The van der Waals surface area contributed by atoms with Crippen LogP contribution in [0.1, 0.15) is 27.8 Å². The second kappa shape index (κ2) is 5.41. The zero-order valence-corrected chi connectivity index (χ0v) is 12.7. The maximum atomic E-state index is 9.87. The molecule has 2 aromatic carbocycles. The molecule has 0 saturated heterocycles. The van der Waals surface area contributed by atoms with Crippen molar-refractivity contribution in [3.05, 3.63) is 58.1 Å². The Morgan fingerprint density at radius 1 is 1.19 bits per heavy atom. The molecule has 110 valence electrons. The summed E-state index contributed by atoms with van der Waals surface area (Å²) >= 11 is 0. The third-order valence-electron chi connectivity index (χ3n) is 4.35. The molecule has 0 radical (unpaired) electrons. The highest BCUT2D eigenvalue weighted by Crippen LogP contribution is 2.27. The number of hydrogen-bond acceptors (Lipinski definition) is 3. The number of benzene rings is 2. The summed E-state index contributed by atoms with van der Waals surface area (Å²) in [5.74, 6) is 0.409. The number of fused-ring (bicyclic) bond motifs is 1. The molecule has 2 aromatic rings. The van der Waals surface area contributed by atoms with Gasteiger partial charge in [0.05, 0.1) is 0 Å². The van der Waals surface area contributed by atoms with Crippen molar-refractivity contribution in [2.24, 2.45) is 0 Å². The molecule has 0 unspecified atom stereocenters. The Labute approximate surface area is 126 Å². The van der Waals surface area contributed by atoms with Gasteiger partial charge >= 0.3 is 0 Å². The van der Waals surface area contributed by atoms with Gasteiger partial charge in [-0.15, -0.1) is 0 Å². The molecule has 1 aliphatic heterocycles. The fourth-order valence-corrected chi connectivity index (χ4v) is 3.19. The van der Waals surface area contributed by atoms with Crippen LogP contribution >= 0.6 is 0 Å². The van der Waals surface area contributed by atoms with E-state index in [4.69, 9.17) is 5.73 Å². The molecule has 3 nitrogen and oxygen atoms in total. The summed E-state index contributed by atoms with van der Waals surface area (Å²) in [5, 5.41) is 9.87. The molecule has 1 aliphatic rings. The number of aromatic hydroxyl groups is 1. The first-order valence-electron chi connectivity index (χ1n) is 7.42. The molecule has 0 saturated carbocycles. The topological polar surface area (TPSA) is 49.5 Å². The lowest BCUT2D eigenvalue weighted by Gasteiger charge is -2.29.